The Morgan fingerprint density at radius 1 is 0.543 bits per heavy atom. The summed E-state index contributed by atoms with van der Waals surface area (Å²) in [5.41, 5.74) is 6.95. The molecule has 0 heterocycles. The lowest BCUT2D eigenvalue weighted by molar-refractivity contribution is 0.450. The predicted molar refractivity (Wildman–Crippen MR) is 141 cm³/mol. The third-order valence-electron chi connectivity index (χ3n) is 6.12. The highest BCUT2D eigenvalue weighted by Gasteiger charge is 2.26. The molecule has 0 aromatic heterocycles. The van der Waals surface area contributed by atoms with Crippen LogP contribution in [0, 0.1) is 41.5 Å². The lowest BCUT2D eigenvalue weighted by atomic mass is 10.0. The van der Waals surface area contributed by atoms with E-state index in [0.29, 0.717) is 28.6 Å². The van der Waals surface area contributed by atoms with Gasteiger partial charge >= 0.3 is 0 Å². The van der Waals surface area contributed by atoms with Crippen molar-refractivity contribution in [2.24, 2.45) is 0 Å². The fourth-order valence-electron chi connectivity index (χ4n) is 4.59. The number of aryl methyl sites for hydroxylation is 6. The Balaban J connectivity index is 1.99. The van der Waals surface area contributed by atoms with Gasteiger partial charge in [-0.2, -0.15) is 0 Å². The first-order chi connectivity index (χ1) is 16.6. The van der Waals surface area contributed by atoms with Crippen molar-refractivity contribution in [2.75, 3.05) is 4.90 Å². The fraction of sp³-hybridized carbons (Fsp3) is 0.200. The molecule has 0 aliphatic rings. The summed E-state index contributed by atoms with van der Waals surface area (Å²) in [5.74, 6) is 1.38. The van der Waals surface area contributed by atoms with E-state index in [1.54, 1.807) is 18.2 Å². The van der Waals surface area contributed by atoms with E-state index in [0.717, 1.165) is 33.4 Å². The number of para-hydroxylation sites is 2. The molecule has 4 rings (SSSR count). The number of phenolic OH excluding ortho intramolecular Hbond substituents is 3. The molecule has 0 aliphatic carbocycles. The molecule has 5 nitrogen and oxygen atoms in total. The summed E-state index contributed by atoms with van der Waals surface area (Å²) in [6.07, 6.45) is 0. The minimum Gasteiger partial charge on any atom is -0.508 e. The molecule has 4 aromatic rings. The van der Waals surface area contributed by atoms with Crippen LogP contribution in [-0.2, 0) is 0 Å². The summed E-state index contributed by atoms with van der Waals surface area (Å²) >= 11 is 0. The number of nitrogens with zero attached hydrogens (tertiary/aromatic N) is 1. The molecule has 0 spiro atoms. The third kappa shape index (κ3) is 4.62. The second-order valence-corrected chi connectivity index (χ2v) is 9.21. The Labute approximate surface area is 206 Å². The molecular formula is C30H31NO4. The maximum Gasteiger partial charge on any atom is 0.151 e. The zero-order valence-electron chi connectivity index (χ0n) is 21.0. The average molecular weight is 470 g/mol. The molecular weight excluding hydrogens is 438 g/mol. The number of anilines is 3. The molecule has 0 atom stereocenters. The van der Waals surface area contributed by atoms with Gasteiger partial charge in [-0.05, 0) is 105 Å². The number of hydrogen-bond donors (Lipinski definition) is 3. The number of ether oxygens (including phenoxy) is 1. The van der Waals surface area contributed by atoms with Gasteiger partial charge in [0.1, 0.15) is 23.0 Å². The van der Waals surface area contributed by atoms with E-state index in [-0.39, 0.29) is 17.2 Å². The summed E-state index contributed by atoms with van der Waals surface area (Å²) in [6.45, 7) is 11.5. The van der Waals surface area contributed by atoms with Crippen LogP contribution in [0.15, 0.2) is 60.7 Å². The predicted octanol–water partition coefficient (Wildman–Crippen LogP) is 7.92. The van der Waals surface area contributed by atoms with Gasteiger partial charge in [-0.1, -0.05) is 24.3 Å². The zero-order chi connectivity index (χ0) is 25.4. The number of phenols is 3. The molecule has 0 saturated heterocycles. The summed E-state index contributed by atoms with van der Waals surface area (Å²) in [7, 11) is 0. The SMILES string of the molecule is Cc1cc(C)c(N(c2ccccc2Oc2cc(O)c(C)cc2C)c2c(C)cc(C)cc2O)c(O)c1. The highest BCUT2D eigenvalue weighted by molar-refractivity contribution is 5.88. The van der Waals surface area contributed by atoms with Crippen LogP contribution in [-0.4, -0.2) is 15.3 Å². The normalized spacial score (nSPS) is 10.9. The molecule has 35 heavy (non-hydrogen) atoms. The fourth-order valence-corrected chi connectivity index (χ4v) is 4.59. The standard InChI is InChI=1S/C30H31NO4/c1-17-11-21(5)29(25(33)13-17)31(30-22(6)12-18(2)14-26(30)34)23-9-7-8-10-27(23)35-28-16-24(32)19(3)15-20(28)4/h7-16,32-34H,1-6H3. The van der Waals surface area contributed by atoms with Crippen LogP contribution in [0.3, 0.4) is 0 Å². The highest BCUT2D eigenvalue weighted by atomic mass is 16.5. The third-order valence-corrected chi connectivity index (χ3v) is 6.12. The van der Waals surface area contributed by atoms with Crippen molar-refractivity contribution in [3.8, 4) is 28.7 Å². The Hall–Kier alpha value is -4.12. The van der Waals surface area contributed by atoms with Crippen molar-refractivity contribution < 1.29 is 20.1 Å². The molecule has 4 aromatic carbocycles. The maximum atomic E-state index is 11.1. The smallest absolute Gasteiger partial charge is 0.151 e. The van der Waals surface area contributed by atoms with Crippen LogP contribution in [0.2, 0.25) is 0 Å². The van der Waals surface area contributed by atoms with Gasteiger partial charge < -0.3 is 20.1 Å². The first-order valence-electron chi connectivity index (χ1n) is 11.5. The molecule has 5 heteroatoms. The quantitative estimate of drug-likeness (QED) is 0.277. The molecule has 0 amide bonds. The van der Waals surface area contributed by atoms with Crippen molar-refractivity contribution in [3.05, 3.63) is 94.0 Å². The van der Waals surface area contributed by atoms with E-state index < -0.39 is 0 Å². The monoisotopic (exact) mass is 469 g/mol. The average Bonchev–Trinajstić information content (AvgIpc) is 2.75. The second kappa shape index (κ2) is 9.26. The molecule has 0 bridgehead atoms. The molecule has 180 valence electrons. The summed E-state index contributed by atoms with van der Waals surface area (Å²) in [4.78, 5) is 1.84. The second-order valence-electron chi connectivity index (χ2n) is 9.21. The van der Waals surface area contributed by atoms with Crippen LogP contribution >= 0.6 is 0 Å². The Morgan fingerprint density at radius 3 is 1.63 bits per heavy atom. The van der Waals surface area contributed by atoms with Crippen molar-refractivity contribution >= 4 is 17.1 Å². The van der Waals surface area contributed by atoms with Gasteiger partial charge in [-0.3, -0.25) is 4.90 Å². The van der Waals surface area contributed by atoms with E-state index in [1.807, 2.05) is 88.9 Å². The Kier molecular flexibility index (Phi) is 6.35. The molecule has 0 unspecified atom stereocenters. The van der Waals surface area contributed by atoms with E-state index in [1.165, 1.54) is 0 Å². The number of hydrogen-bond acceptors (Lipinski definition) is 5. The first-order valence-corrected chi connectivity index (χ1v) is 11.5. The van der Waals surface area contributed by atoms with E-state index in [2.05, 4.69) is 0 Å². The van der Waals surface area contributed by atoms with Crippen molar-refractivity contribution in [1.29, 1.82) is 0 Å². The van der Waals surface area contributed by atoms with Crippen LogP contribution in [0.1, 0.15) is 33.4 Å². The van der Waals surface area contributed by atoms with Crippen LogP contribution in [0.5, 0.6) is 28.7 Å². The minimum atomic E-state index is 0.0980. The van der Waals surface area contributed by atoms with E-state index in [9.17, 15) is 15.3 Å². The lowest BCUT2D eigenvalue weighted by Crippen LogP contribution is -2.14. The Morgan fingerprint density at radius 2 is 1.09 bits per heavy atom. The molecule has 3 N–H and O–H groups in total. The minimum absolute atomic E-state index is 0.0980. The maximum absolute atomic E-state index is 11.1. The van der Waals surface area contributed by atoms with Gasteiger partial charge in [0.2, 0.25) is 0 Å². The zero-order valence-corrected chi connectivity index (χ0v) is 21.0. The molecule has 0 radical (unpaired) electrons. The van der Waals surface area contributed by atoms with Crippen LogP contribution < -0.4 is 9.64 Å². The summed E-state index contributed by atoms with van der Waals surface area (Å²) in [6, 6.07) is 18.4. The molecule has 0 fully saturated rings. The van der Waals surface area contributed by atoms with Crippen molar-refractivity contribution in [1.82, 2.24) is 0 Å². The van der Waals surface area contributed by atoms with Gasteiger partial charge in [0, 0.05) is 6.07 Å². The lowest BCUT2D eigenvalue weighted by Gasteiger charge is -2.31. The summed E-state index contributed by atoms with van der Waals surface area (Å²) < 4.78 is 6.34. The van der Waals surface area contributed by atoms with E-state index >= 15 is 0 Å². The van der Waals surface area contributed by atoms with Gasteiger partial charge in [0.25, 0.3) is 0 Å². The topological polar surface area (TPSA) is 73.2 Å². The van der Waals surface area contributed by atoms with Gasteiger partial charge in [0.15, 0.2) is 5.75 Å². The summed E-state index contributed by atoms with van der Waals surface area (Å²) in [5, 5.41) is 32.5. The van der Waals surface area contributed by atoms with Gasteiger partial charge in [0.05, 0.1) is 17.1 Å². The number of benzene rings is 4. The largest absolute Gasteiger partial charge is 0.508 e. The van der Waals surface area contributed by atoms with Crippen molar-refractivity contribution in [3.63, 3.8) is 0 Å². The number of rotatable bonds is 5. The van der Waals surface area contributed by atoms with Gasteiger partial charge in [-0.15, -0.1) is 0 Å². The molecule has 0 aliphatic heterocycles. The van der Waals surface area contributed by atoms with Crippen LogP contribution in [0.4, 0.5) is 17.1 Å². The van der Waals surface area contributed by atoms with E-state index in [4.69, 9.17) is 4.74 Å². The highest BCUT2D eigenvalue weighted by Crippen LogP contribution is 2.50. The van der Waals surface area contributed by atoms with Gasteiger partial charge in [-0.25, -0.2) is 0 Å². The van der Waals surface area contributed by atoms with Crippen molar-refractivity contribution in [2.45, 2.75) is 41.5 Å². The molecule has 0 saturated carbocycles. The number of aromatic hydroxyl groups is 3. The van der Waals surface area contributed by atoms with Crippen LogP contribution in [0.25, 0.3) is 0 Å². The Bertz CT molecular complexity index is 1320. The first kappa shape index (κ1) is 24.0.